The second-order valence-corrected chi connectivity index (χ2v) is 6.43. The molecule has 0 aromatic heterocycles. The first-order chi connectivity index (χ1) is 13.3. The van der Waals surface area contributed by atoms with Gasteiger partial charge in [0.15, 0.2) is 11.5 Å². The zero-order valence-electron chi connectivity index (χ0n) is 15.5. The predicted molar refractivity (Wildman–Crippen MR) is 109 cm³/mol. The monoisotopic (exact) mass is 358 g/mol. The lowest BCUT2D eigenvalue weighted by atomic mass is 9.98. The maximum Gasteiger partial charge on any atom is 0.161 e. The van der Waals surface area contributed by atoms with E-state index < -0.39 is 0 Å². The highest BCUT2D eigenvalue weighted by Crippen LogP contribution is 2.39. The molecule has 0 radical (unpaired) electrons. The molecule has 1 aliphatic rings. The van der Waals surface area contributed by atoms with Crippen LogP contribution in [0.3, 0.4) is 0 Å². The van der Waals surface area contributed by atoms with E-state index in [-0.39, 0.29) is 6.04 Å². The van der Waals surface area contributed by atoms with E-state index in [0.29, 0.717) is 0 Å². The van der Waals surface area contributed by atoms with Crippen molar-refractivity contribution in [2.24, 2.45) is 5.10 Å². The van der Waals surface area contributed by atoms with E-state index in [4.69, 9.17) is 14.6 Å². The van der Waals surface area contributed by atoms with Gasteiger partial charge in [-0.3, -0.25) is 5.01 Å². The lowest BCUT2D eigenvalue weighted by Gasteiger charge is -2.24. The summed E-state index contributed by atoms with van der Waals surface area (Å²) in [5.74, 6) is 1.46. The minimum atomic E-state index is 0.0995. The van der Waals surface area contributed by atoms with E-state index in [2.05, 4.69) is 47.5 Å². The first-order valence-corrected chi connectivity index (χ1v) is 8.99. The number of anilines is 1. The molecule has 0 saturated carbocycles. The van der Waals surface area contributed by atoms with E-state index in [1.165, 1.54) is 0 Å². The molecule has 0 saturated heterocycles. The summed E-state index contributed by atoms with van der Waals surface area (Å²) in [6, 6.07) is 26.8. The van der Waals surface area contributed by atoms with Crippen molar-refractivity contribution in [3.63, 3.8) is 0 Å². The Labute approximate surface area is 159 Å². The van der Waals surface area contributed by atoms with Crippen molar-refractivity contribution in [1.82, 2.24) is 0 Å². The van der Waals surface area contributed by atoms with Gasteiger partial charge in [-0.15, -0.1) is 0 Å². The standard InChI is InChI=1S/C23H22N2O2/c1-26-22-14-13-18(15-23(22)27-2)21-16-20(17-9-5-3-6-10-17)24-25(21)19-11-7-4-8-12-19/h3-15,21H,16H2,1-2H3/t21-/m0/s1. The zero-order chi connectivity index (χ0) is 18.6. The summed E-state index contributed by atoms with van der Waals surface area (Å²) in [5, 5.41) is 7.06. The van der Waals surface area contributed by atoms with Crippen LogP contribution in [0.15, 0.2) is 84.0 Å². The van der Waals surface area contributed by atoms with Gasteiger partial charge in [-0.1, -0.05) is 54.6 Å². The highest BCUT2D eigenvalue weighted by atomic mass is 16.5. The first kappa shape index (κ1) is 17.2. The van der Waals surface area contributed by atoms with Crippen LogP contribution in [0.4, 0.5) is 5.69 Å². The van der Waals surface area contributed by atoms with Gasteiger partial charge in [-0.25, -0.2) is 0 Å². The molecule has 0 amide bonds. The van der Waals surface area contributed by atoms with Crippen LogP contribution in [0.2, 0.25) is 0 Å². The maximum atomic E-state index is 5.51. The minimum absolute atomic E-state index is 0.0995. The Morgan fingerprint density at radius 3 is 2.15 bits per heavy atom. The van der Waals surface area contributed by atoms with Crippen LogP contribution in [-0.2, 0) is 0 Å². The second-order valence-electron chi connectivity index (χ2n) is 6.43. The third-order valence-electron chi connectivity index (χ3n) is 4.83. The van der Waals surface area contributed by atoms with Crippen LogP contribution in [0.1, 0.15) is 23.6 Å². The Kier molecular flexibility index (Phi) is 4.79. The van der Waals surface area contributed by atoms with Gasteiger partial charge in [-0.2, -0.15) is 5.10 Å². The van der Waals surface area contributed by atoms with Crippen molar-refractivity contribution in [3.8, 4) is 11.5 Å². The average molecular weight is 358 g/mol. The van der Waals surface area contributed by atoms with Gasteiger partial charge in [0.25, 0.3) is 0 Å². The number of hydrazone groups is 1. The van der Waals surface area contributed by atoms with Crippen molar-refractivity contribution in [3.05, 3.63) is 90.0 Å². The Balaban J connectivity index is 1.75. The molecule has 0 fully saturated rings. The maximum absolute atomic E-state index is 5.51. The van der Waals surface area contributed by atoms with Crippen LogP contribution in [-0.4, -0.2) is 19.9 Å². The van der Waals surface area contributed by atoms with E-state index in [9.17, 15) is 0 Å². The number of nitrogens with zero attached hydrogens (tertiary/aromatic N) is 2. The van der Waals surface area contributed by atoms with Gasteiger partial charge in [0.2, 0.25) is 0 Å². The molecular formula is C23H22N2O2. The van der Waals surface area contributed by atoms with E-state index in [1.54, 1.807) is 14.2 Å². The molecule has 4 rings (SSSR count). The SMILES string of the molecule is COc1ccc([C@@H]2CC(c3ccccc3)=NN2c2ccccc2)cc1OC. The molecule has 0 bridgehead atoms. The minimum Gasteiger partial charge on any atom is -0.493 e. The summed E-state index contributed by atoms with van der Waals surface area (Å²) in [6.07, 6.45) is 0.828. The zero-order valence-corrected chi connectivity index (χ0v) is 15.5. The predicted octanol–water partition coefficient (Wildman–Crippen LogP) is 5.06. The third-order valence-corrected chi connectivity index (χ3v) is 4.83. The fourth-order valence-electron chi connectivity index (χ4n) is 3.45. The molecule has 136 valence electrons. The number of para-hydroxylation sites is 1. The largest absolute Gasteiger partial charge is 0.493 e. The molecular weight excluding hydrogens is 336 g/mol. The summed E-state index contributed by atoms with van der Waals surface area (Å²) in [4.78, 5) is 0. The highest BCUT2D eigenvalue weighted by molar-refractivity contribution is 6.03. The van der Waals surface area contributed by atoms with Crippen LogP contribution in [0.25, 0.3) is 0 Å². The number of hydrogen-bond acceptors (Lipinski definition) is 4. The molecule has 1 aliphatic heterocycles. The van der Waals surface area contributed by atoms with Crippen molar-refractivity contribution in [1.29, 1.82) is 0 Å². The lowest BCUT2D eigenvalue weighted by Crippen LogP contribution is -2.18. The molecule has 0 unspecified atom stereocenters. The highest BCUT2D eigenvalue weighted by Gasteiger charge is 2.30. The van der Waals surface area contributed by atoms with Crippen LogP contribution < -0.4 is 14.5 Å². The van der Waals surface area contributed by atoms with Crippen molar-refractivity contribution >= 4 is 11.4 Å². The fourth-order valence-corrected chi connectivity index (χ4v) is 3.45. The van der Waals surface area contributed by atoms with Crippen LogP contribution in [0, 0.1) is 0 Å². The lowest BCUT2D eigenvalue weighted by molar-refractivity contribution is 0.354. The van der Waals surface area contributed by atoms with Crippen LogP contribution in [0.5, 0.6) is 11.5 Å². The molecule has 0 spiro atoms. The van der Waals surface area contributed by atoms with Gasteiger partial charge < -0.3 is 9.47 Å². The molecule has 1 heterocycles. The molecule has 1 atom stereocenters. The first-order valence-electron chi connectivity index (χ1n) is 8.99. The molecule has 3 aromatic carbocycles. The summed E-state index contributed by atoms with van der Waals surface area (Å²) < 4.78 is 10.9. The Bertz CT molecular complexity index is 939. The summed E-state index contributed by atoms with van der Waals surface area (Å²) in [5.41, 5.74) is 4.45. The topological polar surface area (TPSA) is 34.1 Å². The van der Waals surface area contributed by atoms with Gasteiger partial charge >= 0.3 is 0 Å². The molecule has 27 heavy (non-hydrogen) atoms. The number of methoxy groups -OCH3 is 2. The molecule has 0 N–H and O–H groups in total. The van der Waals surface area contributed by atoms with Crippen molar-refractivity contribution in [2.75, 3.05) is 19.2 Å². The summed E-state index contributed by atoms with van der Waals surface area (Å²) in [6.45, 7) is 0. The Morgan fingerprint density at radius 1 is 0.815 bits per heavy atom. The second kappa shape index (κ2) is 7.54. The van der Waals surface area contributed by atoms with E-state index in [1.807, 2.05) is 36.4 Å². The Hall–Kier alpha value is -3.27. The van der Waals surface area contributed by atoms with E-state index >= 15 is 0 Å². The molecule has 3 aromatic rings. The van der Waals surface area contributed by atoms with Gasteiger partial charge in [0.1, 0.15) is 0 Å². The summed E-state index contributed by atoms with van der Waals surface area (Å²) >= 11 is 0. The molecule has 4 nitrogen and oxygen atoms in total. The number of benzene rings is 3. The Morgan fingerprint density at radius 2 is 1.48 bits per heavy atom. The van der Waals surface area contributed by atoms with Gasteiger partial charge in [0.05, 0.1) is 31.7 Å². The van der Waals surface area contributed by atoms with Gasteiger partial charge in [-0.05, 0) is 35.4 Å². The summed E-state index contributed by atoms with van der Waals surface area (Å²) in [7, 11) is 3.32. The van der Waals surface area contributed by atoms with Crippen LogP contribution >= 0.6 is 0 Å². The van der Waals surface area contributed by atoms with Crippen molar-refractivity contribution in [2.45, 2.75) is 12.5 Å². The fraction of sp³-hybridized carbons (Fsp3) is 0.174. The number of ether oxygens (including phenoxy) is 2. The third kappa shape index (κ3) is 3.38. The quantitative estimate of drug-likeness (QED) is 0.639. The average Bonchev–Trinajstić information content (AvgIpc) is 3.20. The van der Waals surface area contributed by atoms with E-state index in [0.717, 1.165) is 40.4 Å². The smallest absolute Gasteiger partial charge is 0.161 e. The van der Waals surface area contributed by atoms with Gasteiger partial charge in [0, 0.05) is 6.42 Å². The molecule has 0 aliphatic carbocycles. The van der Waals surface area contributed by atoms with Crippen molar-refractivity contribution < 1.29 is 9.47 Å². The normalized spacial score (nSPS) is 16.1. The number of hydrogen-bond donors (Lipinski definition) is 0. The number of rotatable bonds is 5. The molecule has 4 heteroatoms.